The van der Waals surface area contributed by atoms with E-state index in [-0.39, 0.29) is 18.9 Å². The molecule has 0 unspecified atom stereocenters. The second-order valence-corrected chi connectivity index (χ2v) is 6.36. The zero-order valence-corrected chi connectivity index (χ0v) is 16.2. The first-order valence-corrected chi connectivity index (χ1v) is 8.96. The molecule has 0 saturated carbocycles. The van der Waals surface area contributed by atoms with Crippen LogP contribution in [0.4, 0.5) is 13.6 Å². The Hall–Kier alpha value is -2.88. The number of carbonyl (C=O) groups excluding carboxylic acids is 2. The lowest BCUT2D eigenvalue weighted by Gasteiger charge is -2.10. The van der Waals surface area contributed by atoms with E-state index in [4.69, 9.17) is 4.74 Å². The second kappa shape index (κ2) is 11.1. The minimum absolute atomic E-state index is 0.0671. The molecule has 0 spiro atoms. The van der Waals surface area contributed by atoms with Gasteiger partial charge in [-0.15, -0.1) is 0 Å². The van der Waals surface area contributed by atoms with Crippen LogP contribution in [0.15, 0.2) is 53.0 Å². The molecule has 0 aromatic heterocycles. The van der Waals surface area contributed by atoms with Crippen LogP contribution in [0.1, 0.15) is 5.56 Å². The molecule has 0 fully saturated rings. The molecule has 0 heterocycles. The maximum Gasteiger partial charge on any atom is 0.387 e. The SMILES string of the molecule is O=C(COc1ccc(Br)cc1)NNC(=O)NCCc1ccc(OC(F)F)cc1. The Balaban J connectivity index is 1.60. The average molecular weight is 458 g/mol. The van der Waals surface area contributed by atoms with Crippen LogP contribution in [-0.2, 0) is 11.2 Å². The number of alkyl halides is 2. The maximum atomic E-state index is 12.1. The van der Waals surface area contributed by atoms with Crippen molar-refractivity contribution >= 4 is 27.9 Å². The van der Waals surface area contributed by atoms with Gasteiger partial charge in [0.1, 0.15) is 11.5 Å². The number of nitrogens with one attached hydrogen (secondary N) is 3. The Morgan fingerprint density at radius 3 is 2.25 bits per heavy atom. The van der Waals surface area contributed by atoms with E-state index < -0.39 is 18.5 Å². The van der Waals surface area contributed by atoms with E-state index in [2.05, 4.69) is 36.8 Å². The Morgan fingerprint density at radius 1 is 0.964 bits per heavy atom. The number of hydrazine groups is 1. The molecule has 0 radical (unpaired) electrons. The number of urea groups is 1. The lowest BCUT2D eigenvalue weighted by atomic mass is 10.1. The standard InChI is InChI=1S/C18H18BrF2N3O4/c19-13-3-7-14(8-4-13)27-11-16(25)23-24-18(26)22-10-9-12-1-5-15(6-2-12)28-17(20)21/h1-8,17H,9-11H2,(H,23,25)(H2,22,24,26). The zero-order valence-electron chi connectivity index (χ0n) is 14.6. The average Bonchev–Trinajstić information content (AvgIpc) is 2.67. The van der Waals surface area contributed by atoms with E-state index in [1.165, 1.54) is 12.1 Å². The van der Waals surface area contributed by atoms with Crippen LogP contribution in [0.2, 0.25) is 0 Å². The van der Waals surface area contributed by atoms with E-state index in [9.17, 15) is 18.4 Å². The highest BCUT2D eigenvalue weighted by Crippen LogP contribution is 2.16. The van der Waals surface area contributed by atoms with Gasteiger partial charge in [-0.25, -0.2) is 10.2 Å². The first-order chi connectivity index (χ1) is 13.4. The molecule has 0 aliphatic rings. The fraction of sp³-hybridized carbons (Fsp3) is 0.222. The van der Waals surface area contributed by atoms with E-state index in [0.29, 0.717) is 12.2 Å². The van der Waals surface area contributed by atoms with Gasteiger partial charge in [0, 0.05) is 11.0 Å². The Kier molecular flexibility index (Phi) is 8.47. The van der Waals surface area contributed by atoms with Crippen molar-refractivity contribution in [2.45, 2.75) is 13.0 Å². The molecule has 0 bridgehead atoms. The normalized spacial score (nSPS) is 10.3. The van der Waals surface area contributed by atoms with Gasteiger partial charge in [0.25, 0.3) is 5.91 Å². The number of halogens is 3. The number of carbonyl (C=O) groups is 2. The van der Waals surface area contributed by atoms with E-state index in [1.54, 1.807) is 36.4 Å². The van der Waals surface area contributed by atoms with Crippen molar-refractivity contribution < 1.29 is 27.8 Å². The van der Waals surface area contributed by atoms with Crippen LogP contribution in [-0.4, -0.2) is 31.7 Å². The highest BCUT2D eigenvalue weighted by Gasteiger charge is 2.06. The summed E-state index contributed by atoms with van der Waals surface area (Å²) in [6, 6.07) is 12.5. The molecule has 2 aromatic carbocycles. The summed E-state index contributed by atoms with van der Waals surface area (Å²) in [6.07, 6.45) is 0.475. The van der Waals surface area contributed by atoms with Gasteiger partial charge in [-0.05, 0) is 48.4 Å². The number of ether oxygens (including phenoxy) is 2. The van der Waals surface area contributed by atoms with Gasteiger partial charge >= 0.3 is 12.6 Å². The molecule has 150 valence electrons. The first kappa shape index (κ1) is 21.4. The van der Waals surface area contributed by atoms with E-state index in [0.717, 1.165) is 10.0 Å². The fourth-order valence-corrected chi connectivity index (χ4v) is 2.31. The summed E-state index contributed by atoms with van der Waals surface area (Å²) in [5.74, 6) is 0.0676. The molecule has 2 rings (SSSR count). The highest BCUT2D eigenvalue weighted by atomic mass is 79.9. The maximum absolute atomic E-state index is 12.1. The third-order valence-corrected chi connectivity index (χ3v) is 3.88. The van der Waals surface area contributed by atoms with Crippen LogP contribution in [0, 0.1) is 0 Å². The summed E-state index contributed by atoms with van der Waals surface area (Å²) < 4.78 is 34.6. The third-order valence-electron chi connectivity index (χ3n) is 3.35. The van der Waals surface area contributed by atoms with Crippen molar-refractivity contribution in [3.8, 4) is 11.5 Å². The van der Waals surface area contributed by atoms with Crippen molar-refractivity contribution in [2.75, 3.05) is 13.2 Å². The zero-order chi connectivity index (χ0) is 20.4. The van der Waals surface area contributed by atoms with Gasteiger partial charge in [-0.2, -0.15) is 8.78 Å². The largest absolute Gasteiger partial charge is 0.484 e. The number of hydrogen-bond acceptors (Lipinski definition) is 4. The molecule has 2 aromatic rings. The van der Waals surface area contributed by atoms with Crippen molar-refractivity contribution in [2.24, 2.45) is 0 Å². The van der Waals surface area contributed by atoms with Crippen LogP contribution in [0.25, 0.3) is 0 Å². The molecule has 0 aliphatic heterocycles. The quantitative estimate of drug-likeness (QED) is 0.531. The van der Waals surface area contributed by atoms with Gasteiger partial charge in [0.05, 0.1) is 0 Å². The number of rotatable bonds is 8. The lowest BCUT2D eigenvalue weighted by Crippen LogP contribution is -2.48. The summed E-state index contributed by atoms with van der Waals surface area (Å²) in [7, 11) is 0. The van der Waals surface area contributed by atoms with Gasteiger partial charge < -0.3 is 14.8 Å². The molecule has 0 aliphatic carbocycles. The number of amides is 3. The second-order valence-electron chi connectivity index (χ2n) is 5.44. The Bertz CT molecular complexity index is 773. The van der Waals surface area contributed by atoms with E-state index in [1.807, 2.05) is 0 Å². The third kappa shape index (κ3) is 8.21. The summed E-state index contributed by atoms with van der Waals surface area (Å²) in [4.78, 5) is 23.3. The van der Waals surface area contributed by atoms with Crippen molar-refractivity contribution in [3.05, 3.63) is 58.6 Å². The molecular weight excluding hydrogens is 440 g/mol. The minimum atomic E-state index is -2.87. The number of benzene rings is 2. The van der Waals surface area contributed by atoms with Crippen molar-refractivity contribution in [1.82, 2.24) is 16.2 Å². The fourth-order valence-electron chi connectivity index (χ4n) is 2.04. The van der Waals surface area contributed by atoms with Crippen LogP contribution in [0.3, 0.4) is 0 Å². The molecule has 28 heavy (non-hydrogen) atoms. The Morgan fingerprint density at radius 2 is 1.61 bits per heavy atom. The first-order valence-electron chi connectivity index (χ1n) is 8.17. The monoisotopic (exact) mass is 457 g/mol. The van der Waals surface area contributed by atoms with E-state index >= 15 is 0 Å². The van der Waals surface area contributed by atoms with Gasteiger partial charge in [-0.3, -0.25) is 10.2 Å². The highest BCUT2D eigenvalue weighted by molar-refractivity contribution is 9.10. The van der Waals surface area contributed by atoms with Crippen molar-refractivity contribution in [3.63, 3.8) is 0 Å². The number of hydrogen-bond donors (Lipinski definition) is 3. The van der Waals surface area contributed by atoms with Gasteiger partial charge in [0.15, 0.2) is 6.61 Å². The molecule has 0 saturated heterocycles. The summed E-state index contributed by atoms with van der Waals surface area (Å²) in [5.41, 5.74) is 5.25. The Labute approximate surface area is 168 Å². The molecule has 10 heteroatoms. The van der Waals surface area contributed by atoms with Crippen LogP contribution < -0.4 is 25.6 Å². The molecular formula is C18H18BrF2N3O4. The predicted octanol–water partition coefficient (Wildman–Crippen LogP) is 3.00. The van der Waals surface area contributed by atoms with Gasteiger partial charge in [0.2, 0.25) is 0 Å². The molecule has 3 N–H and O–H groups in total. The van der Waals surface area contributed by atoms with Crippen LogP contribution in [0.5, 0.6) is 11.5 Å². The molecule has 3 amide bonds. The minimum Gasteiger partial charge on any atom is -0.484 e. The smallest absolute Gasteiger partial charge is 0.387 e. The van der Waals surface area contributed by atoms with Crippen molar-refractivity contribution in [1.29, 1.82) is 0 Å². The topological polar surface area (TPSA) is 88.7 Å². The predicted molar refractivity (Wildman–Crippen MR) is 101 cm³/mol. The van der Waals surface area contributed by atoms with Gasteiger partial charge in [-0.1, -0.05) is 28.1 Å². The molecule has 7 nitrogen and oxygen atoms in total. The summed E-state index contributed by atoms with van der Waals surface area (Å²) in [6.45, 7) is -2.84. The summed E-state index contributed by atoms with van der Waals surface area (Å²) in [5, 5.41) is 2.55. The lowest BCUT2D eigenvalue weighted by molar-refractivity contribution is -0.123. The van der Waals surface area contributed by atoms with Crippen LogP contribution >= 0.6 is 15.9 Å². The summed E-state index contributed by atoms with van der Waals surface area (Å²) >= 11 is 3.29. The molecule has 0 atom stereocenters.